The SMILES string of the molecule is Cc1ccc(-n2c(Sc3ccc(C#N)c(C#N)c3)nnc2-c2cccnc2)cc1. The molecule has 0 spiro atoms. The molecule has 0 aliphatic carbocycles. The van der Waals surface area contributed by atoms with Gasteiger partial charge in [0, 0.05) is 28.5 Å². The third kappa shape index (κ3) is 3.73. The first-order chi connectivity index (χ1) is 14.2. The Morgan fingerprint density at radius 2 is 1.72 bits per heavy atom. The fourth-order valence-electron chi connectivity index (χ4n) is 2.83. The van der Waals surface area contributed by atoms with Crippen LogP contribution in [0.3, 0.4) is 0 Å². The molecule has 2 heterocycles. The van der Waals surface area contributed by atoms with Gasteiger partial charge >= 0.3 is 0 Å². The Kier molecular flexibility index (Phi) is 5.07. The minimum Gasteiger partial charge on any atom is -0.270 e. The van der Waals surface area contributed by atoms with Gasteiger partial charge in [-0.25, -0.2) is 0 Å². The molecular weight excluding hydrogens is 380 g/mol. The van der Waals surface area contributed by atoms with Gasteiger partial charge in [-0.15, -0.1) is 10.2 Å². The monoisotopic (exact) mass is 394 g/mol. The van der Waals surface area contributed by atoms with Gasteiger partial charge in [0.25, 0.3) is 0 Å². The molecule has 0 amide bonds. The Hall–Kier alpha value is -3.94. The van der Waals surface area contributed by atoms with Crippen LogP contribution in [0.25, 0.3) is 17.1 Å². The minimum atomic E-state index is 0.339. The van der Waals surface area contributed by atoms with Crippen LogP contribution in [0.15, 0.2) is 77.0 Å². The maximum atomic E-state index is 9.30. The Balaban J connectivity index is 1.82. The van der Waals surface area contributed by atoms with Crippen LogP contribution in [0, 0.1) is 29.6 Å². The molecule has 0 unspecified atom stereocenters. The van der Waals surface area contributed by atoms with E-state index in [1.54, 1.807) is 24.5 Å². The van der Waals surface area contributed by atoms with E-state index in [2.05, 4.69) is 21.3 Å². The van der Waals surface area contributed by atoms with Crippen molar-refractivity contribution < 1.29 is 0 Å². The summed E-state index contributed by atoms with van der Waals surface area (Å²) in [5.41, 5.74) is 3.63. The highest BCUT2D eigenvalue weighted by Crippen LogP contribution is 2.33. The number of hydrogen-bond acceptors (Lipinski definition) is 6. The quantitative estimate of drug-likeness (QED) is 0.505. The number of hydrogen-bond donors (Lipinski definition) is 0. The fourth-order valence-corrected chi connectivity index (χ4v) is 3.72. The van der Waals surface area contributed by atoms with Crippen LogP contribution in [-0.2, 0) is 0 Å². The van der Waals surface area contributed by atoms with E-state index in [1.807, 2.05) is 60.0 Å². The fraction of sp³-hybridized carbons (Fsp3) is 0.0455. The Morgan fingerprint density at radius 3 is 2.41 bits per heavy atom. The van der Waals surface area contributed by atoms with Crippen LogP contribution < -0.4 is 0 Å². The predicted molar refractivity (Wildman–Crippen MR) is 109 cm³/mol. The average molecular weight is 394 g/mol. The van der Waals surface area contributed by atoms with Gasteiger partial charge in [-0.1, -0.05) is 17.7 Å². The van der Waals surface area contributed by atoms with Crippen molar-refractivity contribution in [2.45, 2.75) is 17.0 Å². The van der Waals surface area contributed by atoms with Gasteiger partial charge < -0.3 is 0 Å². The molecule has 2 aromatic heterocycles. The van der Waals surface area contributed by atoms with E-state index in [9.17, 15) is 5.26 Å². The van der Waals surface area contributed by atoms with Crippen molar-refractivity contribution in [2.75, 3.05) is 0 Å². The standard InChI is InChI=1S/C22H14N6S/c1-15-4-7-19(8-5-15)28-21(17-3-2-10-25-14-17)26-27-22(28)29-20-9-6-16(12-23)18(11-20)13-24/h2-11,14H,1H3. The largest absolute Gasteiger partial charge is 0.270 e. The van der Waals surface area contributed by atoms with Gasteiger partial charge in [-0.05, 0) is 61.2 Å². The highest BCUT2D eigenvalue weighted by molar-refractivity contribution is 7.99. The number of aryl methyl sites for hydroxylation is 1. The van der Waals surface area contributed by atoms with E-state index in [4.69, 9.17) is 5.26 Å². The van der Waals surface area contributed by atoms with Crippen molar-refractivity contribution in [1.82, 2.24) is 19.7 Å². The lowest BCUT2D eigenvalue weighted by Gasteiger charge is -2.11. The van der Waals surface area contributed by atoms with Crippen molar-refractivity contribution >= 4 is 11.8 Å². The van der Waals surface area contributed by atoms with E-state index in [0.717, 1.165) is 21.7 Å². The van der Waals surface area contributed by atoms with Crippen molar-refractivity contribution in [3.05, 3.63) is 83.7 Å². The number of nitriles is 2. The summed E-state index contributed by atoms with van der Waals surface area (Å²) in [5.74, 6) is 0.679. The molecule has 6 nitrogen and oxygen atoms in total. The van der Waals surface area contributed by atoms with Crippen molar-refractivity contribution in [1.29, 1.82) is 10.5 Å². The Bertz CT molecular complexity index is 1250. The number of pyridine rings is 1. The smallest absolute Gasteiger partial charge is 0.200 e. The number of nitrogens with zero attached hydrogens (tertiary/aromatic N) is 6. The lowest BCUT2D eigenvalue weighted by molar-refractivity contribution is 0.885. The zero-order chi connectivity index (χ0) is 20.2. The molecule has 0 N–H and O–H groups in total. The Morgan fingerprint density at radius 1 is 0.931 bits per heavy atom. The van der Waals surface area contributed by atoms with Crippen LogP contribution >= 0.6 is 11.8 Å². The molecule has 0 fully saturated rings. The second-order valence-electron chi connectivity index (χ2n) is 6.25. The van der Waals surface area contributed by atoms with Gasteiger partial charge in [0.1, 0.15) is 12.1 Å². The molecule has 4 rings (SSSR count). The molecule has 0 aliphatic heterocycles. The number of benzene rings is 2. The first kappa shape index (κ1) is 18.4. The zero-order valence-electron chi connectivity index (χ0n) is 15.4. The maximum absolute atomic E-state index is 9.30. The first-order valence-corrected chi connectivity index (χ1v) is 9.56. The van der Waals surface area contributed by atoms with E-state index in [1.165, 1.54) is 11.8 Å². The van der Waals surface area contributed by atoms with Crippen molar-refractivity contribution in [3.63, 3.8) is 0 Å². The second kappa shape index (κ2) is 7.97. The molecular formula is C22H14N6S. The highest BCUT2D eigenvalue weighted by atomic mass is 32.2. The predicted octanol–water partition coefficient (Wildman–Crippen LogP) is 4.53. The lowest BCUT2D eigenvalue weighted by Crippen LogP contribution is -2.00. The van der Waals surface area contributed by atoms with E-state index in [-0.39, 0.29) is 0 Å². The van der Waals surface area contributed by atoms with Gasteiger partial charge in [0.05, 0.1) is 11.1 Å². The molecule has 138 valence electrons. The summed E-state index contributed by atoms with van der Waals surface area (Å²) in [6.45, 7) is 2.04. The average Bonchev–Trinajstić information content (AvgIpc) is 3.18. The summed E-state index contributed by atoms with van der Waals surface area (Å²) in [6, 6.07) is 21.1. The lowest BCUT2D eigenvalue weighted by atomic mass is 10.1. The molecule has 29 heavy (non-hydrogen) atoms. The van der Waals surface area contributed by atoms with Crippen molar-refractivity contribution in [2.24, 2.45) is 0 Å². The zero-order valence-corrected chi connectivity index (χ0v) is 16.3. The molecule has 2 aromatic carbocycles. The van der Waals surface area contributed by atoms with Crippen LogP contribution in [0.5, 0.6) is 0 Å². The number of rotatable bonds is 4. The molecule has 0 atom stereocenters. The van der Waals surface area contributed by atoms with Gasteiger partial charge in [0.2, 0.25) is 5.16 Å². The second-order valence-corrected chi connectivity index (χ2v) is 7.29. The summed E-state index contributed by atoms with van der Waals surface area (Å²) in [7, 11) is 0. The summed E-state index contributed by atoms with van der Waals surface area (Å²) >= 11 is 1.39. The van der Waals surface area contributed by atoms with E-state index < -0.39 is 0 Å². The van der Waals surface area contributed by atoms with Crippen LogP contribution in [0.4, 0.5) is 0 Å². The first-order valence-electron chi connectivity index (χ1n) is 8.74. The third-order valence-corrected chi connectivity index (χ3v) is 5.22. The molecule has 0 saturated heterocycles. The van der Waals surface area contributed by atoms with Gasteiger partial charge in [-0.2, -0.15) is 10.5 Å². The summed E-state index contributed by atoms with van der Waals surface area (Å²) in [6.07, 6.45) is 3.46. The Labute approximate surface area is 172 Å². The van der Waals surface area contributed by atoms with E-state index in [0.29, 0.717) is 22.1 Å². The highest BCUT2D eigenvalue weighted by Gasteiger charge is 2.17. The van der Waals surface area contributed by atoms with Gasteiger partial charge in [-0.3, -0.25) is 9.55 Å². The molecule has 0 bridgehead atoms. The number of aromatic nitrogens is 4. The maximum Gasteiger partial charge on any atom is 0.200 e. The third-order valence-electron chi connectivity index (χ3n) is 4.29. The molecule has 0 saturated carbocycles. The summed E-state index contributed by atoms with van der Waals surface area (Å²) in [4.78, 5) is 5.00. The van der Waals surface area contributed by atoms with Crippen molar-refractivity contribution in [3.8, 4) is 29.2 Å². The normalized spacial score (nSPS) is 10.3. The molecule has 0 aliphatic rings. The molecule has 7 heteroatoms. The molecule has 0 radical (unpaired) electrons. The summed E-state index contributed by atoms with van der Waals surface area (Å²) < 4.78 is 1.96. The van der Waals surface area contributed by atoms with Crippen LogP contribution in [0.2, 0.25) is 0 Å². The topological polar surface area (TPSA) is 91.2 Å². The molecule has 4 aromatic rings. The minimum absolute atomic E-state index is 0.339. The van der Waals surface area contributed by atoms with E-state index >= 15 is 0 Å². The summed E-state index contributed by atoms with van der Waals surface area (Å²) in [5, 5.41) is 27.9. The van der Waals surface area contributed by atoms with Gasteiger partial charge in [0.15, 0.2) is 5.82 Å². The van der Waals surface area contributed by atoms with Crippen LogP contribution in [0.1, 0.15) is 16.7 Å². The van der Waals surface area contributed by atoms with Crippen LogP contribution in [-0.4, -0.2) is 19.7 Å².